The van der Waals surface area contributed by atoms with Crippen molar-refractivity contribution in [1.29, 1.82) is 0 Å². The molecule has 0 aromatic heterocycles. The van der Waals surface area contributed by atoms with Gasteiger partial charge in [0.1, 0.15) is 0 Å². The lowest BCUT2D eigenvalue weighted by molar-refractivity contribution is -0.122. The topological polar surface area (TPSA) is 41.9 Å². The molecule has 4 nitrogen and oxygen atoms in total. The molecule has 0 radical (unpaired) electrons. The minimum Gasteiger partial charge on any atom is -0.380 e. The Balaban J connectivity index is 1.91. The Hall–Kier alpha value is -2.37. The van der Waals surface area contributed by atoms with Crippen LogP contribution in [0.15, 0.2) is 64.5 Å². The third kappa shape index (κ3) is 4.42. The van der Waals surface area contributed by atoms with Crippen molar-refractivity contribution in [2.75, 3.05) is 19.8 Å². The molecule has 0 saturated carbocycles. The SMILES string of the molecule is CCOCCN1C(=O)/C(=C/c2ccccc2C)SC1=Nc1ccccc1. The van der Waals surface area contributed by atoms with Crippen molar-refractivity contribution in [2.24, 2.45) is 4.99 Å². The number of thioether (sulfide) groups is 1. The first-order valence-electron chi connectivity index (χ1n) is 8.67. The second kappa shape index (κ2) is 8.83. The number of aryl methyl sites for hydroxylation is 1. The van der Waals surface area contributed by atoms with E-state index in [9.17, 15) is 4.79 Å². The molecule has 0 N–H and O–H groups in total. The highest BCUT2D eigenvalue weighted by molar-refractivity contribution is 8.18. The number of amidine groups is 1. The molecule has 3 rings (SSSR count). The third-order valence-electron chi connectivity index (χ3n) is 4.01. The summed E-state index contributed by atoms with van der Waals surface area (Å²) in [6, 6.07) is 17.7. The van der Waals surface area contributed by atoms with Crippen LogP contribution in [0.1, 0.15) is 18.1 Å². The van der Waals surface area contributed by atoms with Gasteiger partial charge in [-0.1, -0.05) is 42.5 Å². The van der Waals surface area contributed by atoms with E-state index in [1.165, 1.54) is 11.8 Å². The second-order valence-corrected chi connectivity index (χ2v) is 6.86. The molecule has 1 aliphatic heterocycles. The Morgan fingerprint density at radius 1 is 1.12 bits per heavy atom. The van der Waals surface area contributed by atoms with Gasteiger partial charge in [0, 0.05) is 6.61 Å². The van der Waals surface area contributed by atoms with E-state index in [4.69, 9.17) is 4.74 Å². The van der Waals surface area contributed by atoms with E-state index in [0.29, 0.717) is 29.8 Å². The molecule has 0 bridgehead atoms. The molecule has 1 fully saturated rings. The normalized spacial score (nSPS) is 17.5. The van der Waals surface area contributed by atoms with E-state index in [1.54, 1.807) is 4.90 Å². The number of benzene rings is 2. The fourth-order valence-electron chi connectivity index (χ4n) is 2.59. The van der Waals surface area contributed by atoms with Crippen molar-refractivity contribution in [3.05, 3.63) is 70.6 Å². The summed E-state index contributed by atoms with van der Waals surface area (Å²) in [6.45, 7) is 5.61. The molecule has 0 atom stereocenters. The van der Waals surface area contributed by atoms with E-state index in [-0.39, 0.29) is 5.91 Å². The second-order valence-electron chi connectivity index (χ2n) is 5.85. The van der Waals surface area contributed by atoms with E-state index < -0.39 is 0 Å². The summed E-state index contributed by atoms with van der Waals surface area (Å²) in [5.74, 6) is -0.0207. The molecule has 26 heavy (non-hydrogen) atoms. The highest BCUT2D eigenvalue weighted by Crippen LogP contribution is 2.34. The Bertz CT molecular complexity index is 831. The highest BCUT2D eigenvalue weighted by Gasteiger charge is 2.33. The number of nitrogens with zero attached hydrogens (tertiary/aromatic N) is 2. The molecule has 2 aromatic rings. The first kappa shape index (κ1) is 18.4. The molecular weight excluding hydrogens is 344 g/mol. The quantitative estimate of drug-likeness (QED) is 0.553. The van der Waals surface area contributed by atoms with Crippen molar-refractivity contribution in [3.63, 3.8) is 0 Å². The Kier molecular flexibility index (Phi) is 6.26. The van der Waals surface area contributed by atoms with Crippen LogP contribution in [0.5, 0.6) is 0 Å². The highest BCUT2D eigenvalue weighted by atomic mass is 32.2. The van der Waals surface area contributed by atoms with Gasteiger partial charge in [-0.25, -0.2) is 4.99 Å². The molecule has 2 aromatic carbocycles. The Morgan fingerprint density at radius 2 is 1.85 bits per heavy atom. The Labute approximate surface area is 158 Å². The number of para-hydroxylation sites is 1. The lowest BCUT2D eigenvalue weighted by atomic mass is 10.1. The van der Waals surface area contributed by atoms with Gasteiger partial charge < -0.3 is 4.74 Å². The molecule has 1 amide bonds. The number of amides is 1. The smallest absolute Gasteiger partial charge is 0.266 e. The summed E-state index contributed by atoms with van der Waals surface area (Å²) in [6.07, 6.45) is 1.95. The van der Waals surface area contributed by atoms with Crippen LogP contribution in [0, 0.1) is 6.92 Å². The molecule has 0 spiro atoms. The number of ether oxygens (including phenoxy) is 1. The molecule has 1 heterocycles. The first-order chi connectivity index (χ1) is 12.7. The zero-order valence-electron chi connectivity index (χ0n) is 15.0. The van der Waals surface area contributed by atoms with Gasteiger partial charge in [-0.05, 0) is 54.9 Å². The maximum Gasteiger partial charge on any atom is 0.266 e. The number of carbonyl (C=O) groups excluding carboxylic acids is 1. The van der Waals surface area contributed by atoms with E-state index in [0.717, 1.165) is 16.8 Å². The molecule has 1 saturated heterocycles. The number of carbonyl (C=O) groups is 1. The van der Waals surface area contributed by atoms with Crippen LogP contribution in [0.25, 0.3) is 6.08 Å². The Morgan fingerprint density at radius 3 is 2.58 bits per heavy atom. The summed E-state index contributed by atoms with van der Waals surface area (Å²) >= 11 is 1.42. The van der Waals surface area contributed by atoms with Gasteiger partial charge in [-0.15, -0.1) is 0 Å². The molecule has 5 heteroatoms. The van der Waals surface area contributed by atoms with Crippen molar-refractivity contribution < 1.29 is 9.53 Å². The maximum atomic E-state index is 12.9. The summed E-state index contributed by atoms with van der Waals surface area (Å²) < 4.78 is 5.44. The van der Waals surface area contributed by atoms with E-state index in [2.05, 4.69) is 4.99 Å². The van der Waals surface area contributed by atoms with Crippen LogP contribution in [0.4, 0.5) is 5.69 Å². The van der Waals surface area contributed by atoms with Gasteiger partial charge in [0.05, 0.1) is 23.7 Å². The van der Waals surface area contributed by atoms with Crippen molar-refractivity contribution in [3.8, 4) is 0 Å². The summed E-state index contributed by atoms with van der Waals surface area (Å²) in [5, 5.41) is 0.695. The largest absolute Gasteiger partial charge is 0.380 e. The van der Waals surface area contributed by atoms with Gasteiger partial charge >= 0.3 is 0 Å². The standard InChI is InChI=1S/C21H22N2O2S/c1-3-25-14-13-23-20(24)19(15-17-10-8-7-9-16(17)2)26-21(23)22-18-11-5-4-6-12-18/h4-12,15H,3,13-14H2,1-2H3/b19-15-,22-21?. The zero-order chi connectivity index (χ0) is 18.4. The summed E-state index contributed by atoms with van der Waals surface area (Å²) in [4.78, 5) is 20.0. The average Bonchev–Trinajstić information content (AvgIpc) is 2.93. The van der Waals surface area contributed by atoms with Crippen LogP contribution in [-0.2, 0) is 9.53 Å². The van der Waals surface area contributed by atoms with Crippen LogP contribution < -0.4 is 0 Å². The van der Waals surface area contributed by atoms with Gasteiger partial charge in [-0.3, -0.25) is 9.69 Å². The molecule has 0 aliphatic carbocycles. The summed E-state index contributed by atoms with van der Waals surface area (Å²) in [7, 11) is 0. The average molecular weight is 366 g/mol. The minimum atomic E-state index is -0.0207. The van der Waals surface area contributed by atoms with Crippen molar-refractivity contribution in [1.82, 2.24) is 4.90 Å². The monoisotopic (exact) mass is 366 g/mol. The first-order valence-corrected chi connectivity index (χ1v) is 9.49. The number of hydrogen-bond acceptors (Lipinski definition) is 4. The molecule has 1 aliphatic rings. The van der Waals surface area contributed by atoms with Crippen LogP contribution in [-0.4, -0.2) is 35.7 Å². The van der Waals surface area contributed by atoms with Crippen LogP contribution in [0.3, 0.4) is 0 Å². The van der Waals surface area contributed by atoms with Gasteiger partial charge in [0.25, 0.3) is 5.91 Å². The van der Waals surface area contributed by atoms with E-state index in [1.807, 2.05) is 74.5 Å². The van der Waals surface area contributed by atoms with Crippen LogP contribution in [0.2, 0.25) is 0 Å². The lowest BCUT2D eigenvalue weighted by Crippen LogP contribution is -2.32. The third-order valence-corrected chi connectivity index (χ3v) is 5.01. The number of hydrogen-bond donors (Lipinski definition) is 0. The summed E-state index contributed by atoms with van der Waals surface area (Å²) in [5.41, 5.74) is 3.03. The maximum absolute atomic E-state index is 12.9. The van der Waals surface area contributed by atoms with Gasteiger partial charge in [-0.2, -0.15) is 0 Å². The molecule has 134 valence electrons. The van der Waals surface area contributed by atoms with Gasteiger partial charge in [0.2, 0.25) is 0 Å². The van der Waals surface area contributed by atoms with Crippen molar-refractivity contribution in [2.45, 2.75) is 13.8 Å². The van der Waals surface area contributed by atoms with Crippen molar-refractivity contribution >= 4 is 34.6 Å². The fraction of sp³-hybridized carbons (Fsp3) is 0.238. The number of rotatable bonds is 6. The predicted molar refractivity (Wildman–Crippen MR) is 108 cm³/mol. The fourth-order valence-corrected chi connectivity index (χ4v) is 3.61. The molecule has 0 unspecified atom stereocenters. The zero-order valence-corrected chi connectivity index (χ0v) is 15.8. The lowest BCUT2D eigenvalue weighted by Gasteiger charge is -2.15. The van der Waals surface area contributed by atoms with Crippen LogP contribution >= 0.6 is 11.8 Å². The minimum absolute atomic E-state index is 0.0207. The van der Waals surface area contributed by atoms with Gasteiger partial charge in [0.15, 0.2) is 5.17 Å². The predicted octanol–water partition coefficient (Wildman–Crippen LogP) is 4.64. The number of aliphatic imine (C=N–C) groups is 1. The molecular formula is C21H22N2O2S. The van der Waals surface area contributed by atoms with E-state index >= 15 is 0 Å².